The van der Waals surface area contributed by atoms with Crippen molar-refractivity contribution in [2.24, 2.45) is 5.10 Å². The molecular formula is C14H10F2N2O. The number of hydrogen-bond acceptors (Lipinski definition) is 2. The van der Waals surface area contributed by atoms with Crippen LogP contribution in [-0.4, -0.2) is 12.1 Å². The third kappa shape index (κ3) is 3.22. The molecule has 0 saturated heterocycles. The average molecular weight is 260 g/mol. The lowest BCUT2D eigenvalue weighted by Gasteiger charge is -2.00. The summed E-state index contributed by atoms with van der Waals surface area (Å²) in [7, 11) is 0. The number of rotatable bonds is 3. The van der Waals surface area contributed by atoms with Gasteiger partial charge in [-0.25, -0.2) is 14.2 Å². The van der Waals surface area contributed by atoms with Crippen molar-refractivity contribution in [3.8, 4) is 0 Å². The number of carbonyl (C=O) groups excluding carboxylic acids is 1. The van der Waals surface area contributed by atoms with Gasteiger partial charge in [0, 0.05) is 5.56 Å². The summed E-state index contributed by atoms with van der Waals surface area (Å²) in [4.78, 5) is 11.6. The molecule has 0 heterocycles. The van der Waals surface area contributed by atoms with Gasteiger partial charge in [-0.2, -0.15) is 5.10 Å². The van der Waals surface area contributed by atoms with Crippen LogP contribution in [0.2, 0.25) is 0 Å². The first-order valence-corrected chi connectivity index (χ1v) is 5.51. The topological polar surface area (TPSA) is 41.5 Å². The van der Waals surface area contributed by atoms with Crippen molar-refractivity contribution in [2.75, 3.05) is 0 Å². The van der Waals surface area contributed by atoms with Gasteiger partial charge in [-0.15, -0.1) is 0 Å². The highest BCUT2D eigenvalue weighted by Crippen LogP contribution is 2.06. The molecule has 1 amide bonds. The fraction of sp³-hybridized carbons (Fsp3) is 0. The lowest BCUT2D eigenvalue weighted by molar-refractivity contribution is 0.0951. The van der Waals surface area contributed by atoms with E-state index in [1.807, 2.05) is 0 Å². The molecule has 5 heteroatoms. The van der Waals surface area contributed by atoms with Gasteiger partial charge in [0.2, 0.25) is 0 Å². The Morgan fingerprint density at radius 1 is 1.00 bits per heavy atom. The van der Waals surface area contributed by atoms with Crippen LogP contribution < -0.4 is 5.43 Å². The first-order chi connectivity index (χ1) is 9.18. The van der Waals surface area contributed by atoms with Gasteiger partial charge in [-0.1, -0.05) is 30.3 Å². The first-order valence-electron chi connectivity index (χ1n) is 5.51. The minimum absolute atomic E-state index is 0.117. The van der Waals surface area contributed by atoms with Gasteiger partial charge >= 0.3 is 0 Å². The number of amides is 1. The van der Waals surface area contributed by atoms with Gasteiger partial charge in [0.15, 0.2) is 0 Å². The van der Waals surface area contributed by atoms with Gasteiger partial charge in [0.05, 0.1) is 11.8 Å². The van der Waals surface area contributed by atoms with Crippen LogP contribution in [0.25, 0.3) is 0 Å². The number of hydrazone groups is 1. The molecule has 0 aliphatic carbocycles. The third-order valence-electron chi connectivity index (χ3n) is 2.39. The van der Waals surface area contributed by atoms with E-state index in [4.69, 9.17) is 0 Å². The summed E-state index contributed by atoms with van der Waals surface area (Å²) < 4.78 is 26.5. The van der Waals surface area contributed by atoms with Crippen molar-refractivity contribution in [3.05, 3.63) is 71.3 Å². The monoisotopic (exact) mass is 260 g/mol. The lowest BCUT2D eigenvalue weighted by atomic mass is 10.2. The zero-order valence-electron chi connectivity index (χ0n) is 9.81. The summed E-state index contributed by atoms with van der Waals surface area (Å²) in [5, 5.41) is 3.59. The number of nitrogens with one attached hydrogen (secondary N) is 1. The molecule has 2 aromatic rings. The number of halogens is 2. The second kappa shape index (κ2) is 5.86. The highest BCUT2D eigenvalue weighted by Gasteiger charge is 2.09. The predicted octanol–water partition coefficient (Wildman–Crippen LogP) is 2.73. The van der Waals surface area contributed by atoms with E-state index in [1.165, 1.54) is 30.3 Å². The summed E-state index contributed by atoms with van der Waals surface area (Å²) in [5.74, 6) is -1.78. The van der Waals surface area contributed by atoms with Gasteiger partial charge in [0.25, 0.3) is 5.91 Å². The maximum Gasteiger partial charge on any atom is 0.274 e. The van der Waals surface area contributed by atoms with Crippen LogP contribution in [0.5, 0.6) is 0 Å². The van der Waals surface area contributed by atoms with E-state index in [0.29, 0.717) is 0 Å². The first kappa shape index (κ1) is 12.9. The van der Waals surface area contributed by atoms with E-state index in [1.54, 1.807) is 18.2 Å². The molecule has 0 spiro atoms. The normalized spacial score (nSPS) is 10.6. The average Bonchev–Trinajstić information content (AvgIpc) is 2.41. The molecule has 0 atom stereocenters. The fourth-order valence-electron chi connectivity index (χ4n) is 1.45. The second-order valence-electron chi connectivity index (χ2n) is 3.70. The molecule has 0 aromatic heterocycles. The molecule has 0 bridgehead atoms. The molecule has 96 valence electrons. The van der Waals surface area contributed by atoms with Crippen molar-refractivity contribution >= 4 is 12.1 Å². The number of nitrogens with zero attached hydrogens (tertiary/aromatic N) is 1. The SMILES string of the molecule is O=C(N/N=C\c1ccccc1F)c1ccccc1F. The van der Waals surface area contributed by atoms with E-state index in [-0.39, 0.29) is 11.1 Å². The molecule has 0 radical (unpaired) electrons. The number of benzene rings is 2. The Morgan fingerprint density at radius 3 is 2.32 bits per heavy atom. The van der Waals surface area contributed by atoms with Crippen LogP contribution in [0.15, 0.2) is 53.6 Å². The lowest BCUT2D eigenvalue weighted by Crippen LogP contribution is -2.19. The minimum atomic E-state index is -0.689. The minimum Gasteiger partial charge on any atom is -0.267 e. The van der Waals surface area contributed by atoms with Gasteiger partial charge in [-0.3, -0.25) is 4.79 Å². The zero-order valence-corrected chi connectivity index (χ0v) is 9.81. The van der Waals surface area contributed by atoms with Crippen LogP contribution in [0.1, 0.15) is 15.9 Å². The highest BCUT2D eigenvalue weighted by molar-refractivity contribution is 5.95. The maximum absolute atomic E-state index is 13.3. The molecule has 2 aromatic carbocycles. The van der Waals surface area contributed by atoms with Gasteiger partial charge in [0.1, 0.15) is 11.6 Å². The van der Waals surface area contributed by atoms with Gasteiger partial charge in [-0.05, 0) is 18.2 Å². The standard InChI is InChI=1S/C14H10F2N2O/c15-12-7-3-1-5-10(12)9-17-18-14(19)11-6-2-4-8-13(11)16/h1-9H,(H,18,19)/b17-9-. The van der Waals surface area contributed by atoms with Crippen LogP contribution in [0.3, 0.4) is 0 Å². The number of hydrogen-bond donors (Lipinski definition) is 1. The molecular weight excluding hydrogens is 250 g/mol. The Labute approximate surface area is 108 Å². The molecule has 0 aliphatic rings. The van der Waals surface area contributed by atoms with Crippen LogP contribution in [-0.2, 0) is 0 Å². The molecule has 2 rings (SSSR count). The quantitative estimate of drug-likeness (QED) is 0.669. The summed E-state index contributed by atoms with van der Waals surface area (Å²) in [6.45, 7) is 0. The Bertz CT molecular complexity index is 626. The van der Waals surface area contributed by atoms with Crippen molar-refractivity contribution in [2.45, 2.75) is 0 Å². The van der Waals surface area contributed by atoms with E-state index in [2.05, 4.69) is 10.5 Å². The van der Waals surface area contributed by atoms with E-state index in [0.717, 1.165) is 6.21 Å². The molecule has 1 N–H and O–H groups in total. The summed E-state index contributed by atoms with van der Waals surface area (Å²) in [5.41, 5.74) is 2.25. The Morgan fingerprint density at radius 2 is 1.63 bits per heavy atom. The molecule has 0 fully saturated rings. The van der Waals surface area contributed by atoms with Crippen molar-refractivity contribution < 1.29 is 13.6 Å². The van der Waals surface area contributed by atoms with E-state index >= 15 is 0 Å². The van der Waals surface area contributed by atoms with Crippen molar-refractivity contribution in [3.63, 3.8) is 0 Å². The molecule has 0 aliphatic heterocycles. The van der Waals surface area contributed by atoms with Crippen LogP contribution >= 0.6 is 0 Å². The molecule has 19 heavy (non-hydrogen) atoms. The zero-order chi connectivity index (χ0) is 13.7. The predicted molar refractivity (Wildman–Crippen MR) is 67.9 cm³/mol. The van der Waals surface area contributed by atoms with E-state index in [9.17, 15) is 13.6 Å². The van der Waals surface area contributed by atoms with Crippen LogP contribution in [0.4, 0.5) is 8.78 Å². The maximum atomic E-state index is 13.3. The largest absolute Gasteiger partial charge is 0.274 e. The summed E-state index contributed by atoms with van der Waals surface area (Å²) >= 11 is 0. The fourth-order valence-corrected chi connectivity index (χ4v) is 1.45. The summed E-state index contributed by atoms with van der Waals surface area (Å²) in [6, 6.07) is 11.5. The Kier molecular flexibility index (Phi) is 3.97. The Hall–Kier alpha value is -2.56. The smallest absolute Gasteiger partial charge is 0.267 e. The Balaban J connectivity index is 2.06. The van der Waals surface area contributed by atoms with Crippen molar-refractivity contribution in [1.82, 2.24) is 5.43 Å². The number of carbonyl (C=O) groups is 1. The third-order valence-corrected chi connectivity index (χ3v) is 2.39. The second-order valence-corrected chi connectivity index (χ2v) is 3.70. The molecule has 3 nitrogen and oxygen atoms in total. The molecule has 0 unspecified atom stereocenters. The summed E-state index contributed by atoms with van der Waals surface area (Å²) in [6.07, 6.45) is 1.16. The highest BCUT2D eigenvalue weighted by atomic mass is 19.1. The van der Waals surface area contributed by atoms with Gasteiger partial charge < -0.3 is 0 Å². The van der Waals surface area contributed by atoms with Crippen molar-refractivity contribution in [1.29, 1.82) is 0 Å². The molecule has 0 saturated carbocycles. The van der Waals surface area contributed by atoms with E-state index < -0.39 is 17.5 Å². The van der Waals surface area contributed by atoms with Crippen LogP contribution in [0, 0.1) is 11.6 Å².